The second kappa shape index (κ2) is 7.59. The number of carbonyl (C=O) groups is 3. The van der Waals surface area contributed by atoms with Gasteiger partial charge in [0.2, 0.25) is 5.91 Å². The molecule has 0 aromatic heterocycles. The number of cyclic esters (lactones) is 1. The Morgan fingerprint density at radius 1 is 0.900 bits per heavy atom. The van der Waals surface area contributed by atoms with E-state index in [1.807, 2.05) is 41.3 Å². The molecule has 0 N–H and O–H groups in total. The number of hydrogen-bond donors (Lipinski definition) is 0. The van der Waals surface area contributed by atoms with Crippen LogP contribution in [0.5, 0.6) is 0 Å². The molecule has 0 bridgehead atoms. The number of piperazine rings is 1. The normalized spacial score (nSPS) is 21.1. The molecule has 0 radical (unpaired) electrons. The molecule has 2 heterocycles. The van der Waals surface area contributed by atoms with Crippen LogP contribution in [-0.2, 0) is 16.0 Å². The Bertz CT molecular complexity index is 992. The van der Waals surface area contributed by atoms with Crippen molar-refractivity contribution in [1.82, 2.24) is 9.80 Å². The molecule has 2 amide bonds. The van der Waals surface area contributed by atoms with E-state index in [9.17, 15) is 14.4 Å². The van der Waals surface area contributed by atoms with Crippen LogP contribution >= 0.6 is 0 Å². The Morgan fingerprint density at radius 3 is 2.30 bits per heavy atom. The van der Waals surface area contributed by atoms with Crippen LogP contribution in [-0.4, -0.2) is 53.8 Å². The number of rotatable bonds is 3. The second-order valence-electron chi connectivity index (χ2n) is 8.27. The fourth-order valence-electron chi connectivity index (χ4n) is 4.28. The molecule has 5 rings (SSSR count). The van der Waals surface area contributed by atoms with Gasteiger partial charge < -0.3 is 14.5 Å². The van der Waals surface area contributed by atoms with Gasteiger partial charge in [0.1, 0.15) is 6.10 Å². The van der Waals surface area contributed by atoms with Crippen molar-refractivity contribution in [3.8, 4) is 0 Å². The van der Waals surface area contributed by atoms with E-state index in [0.717, 1.165) is 24.0 Å². The summed E-state index contributed by atoms with van der Waals surface area (Å²) in [5.41, 5.74) is 2.90. The van der Waals surface area contributed by atoms with E-state index >= 15 is 0 Å². The fourth-order valence-corrected chi connectivity index (χ4v) is 4.28. The summed E-state index contributed by atoms with van der Waals surface area (Å²) in [5, 5.41) is 0. The molecule has 3 aliphatic rings. The van der Waals surface area contributed by atoms with Gasteiger partial charge in [-0.15, -0.1) is 0 Å². The van der Waals surface area contributed by atoms with Crippen LogP contribution in [0, 0.1) is 5.92 Å². The maximum absolute atomic E-state index is 13.0. The lowest BCUT2D eigenvalue weighted by Crippen LogP contribution is -2.51. The highest BCUT2D eigenvalue weighted by Crippen LogP contribution is 2.32. The third-order valence-electron chi connectivity index (χ3n) is 6.20. The third kappa shape index (κ3) is 3.58. The van der Waals surface area contributed by atoms with Crippen molar-refractivity contribution in [3.63, 3.8) is 0 Å². The average Bonchev–Trinajstić information content (AvgIpc) is 3.64. The van der Waals surface area contributed by atoms with Crippen molar-refractivity contribution in [1.29, 1.82) is 0 Å². The zero-order valence-corrected chi connectivity index (χ0v) is 16.8. The van der Waals surface area contributed by atoms with Crippen LogP contribution in [0.4, 0.5) is 0 Å². The molecule has 154 valence electrons. The van der Waals surface area contributed by atoms with Gasteiger partial charge >= 0.3 is 5.97 Å². The monoisotopic (exact) mass is 404 g/mol. The fraction of sp³-hybridized carbons (Fsp3) is 0.375. The Labute approximate surface area is 175 Å². The molecule has 1 aliphatic carbocycles. The molecule has 1 atom stereocenters. The molecule has 6 nitrogen and oxygen atoms in total. The average molecular weight is 404 g/mol. The highest BCUT2D eigenvalue weighted by Gasteiger charge is 2.35. The topological polar surface area (TPSA) is 66.9 Å². The Morgan fingerprint density at radius 2 is 1.60 bits per heavy atom. The van der Waals surface area contributed by atoms with E-state index in [4.69, 9.17) is 4.74 Å². The Kier molecular flexibility index (Phi) is 4.77. The van der Waals surface area contributed by atoms with Crippen LogP contribution in [0.3, 0.4) is 0 Å². The van der Waals surface area contributed by atoms with Crippen LogP contribution in [0.25, 0.3) is 0 Å². The van der Waals surface area contributed by atoms with Gasteiger partial charge in [-0.05, 0) is 42.2 Å². The second-order valence-corrected chi connectivity index (χ2v) is 8.27. The molecular weight excluding hydrogens is 380 g/mol. The number of carbonyl (C=O) groups excluding carboxylic acids is 3. The predicted molar refractivity (Wildman–Crippen MR) is 110 cm³/mol. The molecule has 2 aromatic carbocycles. The predicted octanol–water partition coefficient (Wildman–Crippen LogP) is 2.84. The summed E-state index contributed by atoms with van der Waals surface area (Å²) in [5.74, 6) is 0.0504. The lowest BCUT2D eigenvalue weighted by Gasteiger charge is -2.35. The summed E-state index contributed by atoms with van der Waals surface area (Å²) >= 11 is 0. The van der Waals surface area contributed by atoms with Gasteiger partial charge in [-0.2, -0.15) is 0 Å². The van der Waals surface area contributed by atoms with Crippen molar-refractivity contribution < 1.29 is 19.1 Å². The van der Waals surface area contributed by atoms with Gasteiger partial charge in [0.05, 0.1) is 5.56 Å². The number of ether oxygens (including phenoxy) is 1. The minimum atomic E-state index is -0.351. The van der Waals surface area contributed by atoms with Gasteiger partial charge in [-0.1, -0.05) is 30.3 Å². The summed E-state index contributed by atoms with van der Waals surface area (Å²) in [6.45, 7) is 2.27. The van der Waals surface area contributed by atoms with Crippen molar-refractivity contribution >= 4 is 17.8 Å². The summed E-state index contributed by atoms with van der Waals surface area (Å²) in [6, 6.07) is 14.9. The number of amides is 2. The first-order valence-corrected chi connectivity index (χ1v) is 10.6. The summed E-state index contributed by atoms with van der Waals surface area (Å²) in [7, 11) is 0. The molecule has 2 aliphatic heterocycles. The molecule has 2 aromatic rings. The SMILES string of the molecule is O=C1O[C@H](c2ccccc2)Cc2cc(C(=O)N3CCN(C(=O)C4CC4)CC3)ccc21. The van der Waals surface area contributed by atoms with Gasteiger partial charge in [-0.3, -0.25) is 9.59 Å². The zero-order chi connectivity index (χ0) is 20.7. The number of hydrogen-bond acceptors (Lipinski definition) is 4. The zero-order valence-electron chi connectivity index (χ0n) is 16.8. The van der Waals surface area contributed by atoms with Gasteiger partial charge in [-0.25, -0.2) is 4.79 Å². The molecule has 30 heavy (non-hydrogen) atoms. The van der Waals surface area contributed by atoms with Crippen molar-refractivity contribution in [2.45, 2.75) is 25.4 Å². The highest BCUT2D eigenvalue weighted by atomic mass is 16.5. The maximum atomic E-state index is 13.0. The first-order valence-electron chi connectivity index (χ1n) is 10.6. The number of fused-ring (bicyclic) bond motifs is 1. The van der Waals surface area contributed by atoms with E-state index in [2.05, 4.69) is 0 Å². The standard InChI is InChI=1S/C24H24N2O4/c27-22(17-6-7-17)25-10-12-26(13-11-25)23(28)18-8-9-20-19(14-18)15-21(30-24(20)29)16-4-2-1-3-5-16/h1-5,8-9,14,17,21H,6-7,10-13,15H2/t21-/m0/s1. The molecule has 0 unspecified atom stereocenters. The largest absolute Gasteiger partial charge is 0.454 e. The molecule has 2 fully saturated rings. The lowest BCUT2D eigenvalue weighted by molar-refractivity contribution is -0.134. The van der Waals surface area contributed by atoms with Crippen molar-refractivity contribution in [3.05, 3.63) is 70.8 Å². The Balaban J connectivity index is 1.30. The third-order valence-corrected chi connectivity index (χ3v) is 6.20. The van der Waals surface area contributed by atoms with Crippen LogP contribution in [0.15, 0.2) is 48.5 Å². The van der Waals surface area contributed by atoms with E-state index in [1.54, 1.807) is 17.0 Å². The number of benzene rings is 2. The molecule has 0 spiro atoms. The van der Waals surface area contributed by atoms with E-state index in [-0.39, 0.29) is 29.8 Å². The van der Waals surface area contributed by atoms with E-state index in [0.29, 0.717) is 43.7 Å². The minimum absolute atomic E-state index is 0.0495. The van der Waals surface area contributed by atoms with E-state index < -0.39 is 0 Å². The summed E-state index contributed by atoms with van der Waals surface area (Å²) in [6.07, 6.45) is 2.21. The number of nitrogens with zero attached hydrogens (tertiary/aromatic N) is 2. The molecular formula is C24H24N2O4. The van der Waals surface area contributed by atoms with Crippen LogP contribution < -0.4 is 0 Å². The minimum Gasteiger partial charge on any atom is -0.454 e. The molecule has 1 saturated carbocycles. The maximum Gasteiger partial charge on any atom is 0.339 e. The van der Waals surface area contributed by atoms with Crippen LogP contribution in [0.1, 0.15) is 50.8 Å². The van der Waals surface area contributed by atoms with Gasteiger partial charge in [0, 0.05) is 44.1 Å². The van der Waals surface area contributed by atoms with Crippen LogP contribution in [0.2, 0.25) is 0 Å². The first-order chi connectivity index (χ1) is 14.6. The first kappa shape index (κ1) is 18.9. The van der Waals surface area contributed by atoms with E-state index in [1.165, 1.54) is 0 Å². The highest BCUT2D eigenvalue weighted by molar-refractivity contribution is 5.98. The Hall–Kier alpha value is -3.15. The van der Waals surface area contributed by atoms with Crippen molar-refractivity contribution in [2.24, 2.45) is 5.92 Å². The van der Waals surface area contributed by atoms with Gasteiger partial charge in [0.25, 0.3) is 5.91 Å². The lowest BCUT2D eigenvalue weighted by atomic mass is 9.93. The molecule has 6 heteroatoms. The number of esters is 1. The molecule has 1 saturated heterocycles. The summed E-state index contributed by atoms with van der Waals surface area (Å²) < 4.78 is 5.60. The van der Waals surface area contributed by atoms with Crippen molar-refractivity contribution in [2.75, 3.05) is 26.2 Å². The quantitative estimate of drug-likeness (QED) is 0.738. The summed E-state index contributed by atoms with van der Waals surface area (Å²) in [4.78, 5) is 41.4. The smallest absolute Gasteiger partial charge is 0.339 e. The van der Waals surface area contributed by atoms with Gasteiger partial charge in [0.15, 0.2) is 0 Å².